The van der Waals surface area contributed by atoms with E-state index in [2.05, 4.69) is 5.32 Å². The fourth-order valence-electron chi connectivity index (χ4n) is 2.34. The molecular formula is C13H18ClFN2O2S. The van der Waals surface area contributed by atoms with Crippen molar-refractivity contribution in [2.24, 2.45) is 5.92 Å². The van der Waals surface area contributed by atoms with Crippen molar-refractivity contribution in [3.05, 3.63) is 34.6 Å². The second-order valence-corrected chi connectivity index (χ2v) is 7.56. The molecule has 0 saturated carbocycles. The molecule has 20 heavy (non-hydrogen) atoms. The lowest BCUT2D eigenvalue weighted by Gasteiger charge is -2.14. The van der Waals surface area contributed by atoms with Crippen LogP contribution in [-0.2, 0) is 16.6 Å². The van der Waals surface area contributed by atoms with Crippen molar-refractivity contribution in [1.82, 2.24) is 9.62 Å². The molecule has 4 nitrogen and oxygen atoms in total. The minimum absolute atomic E-state index is 0.278. The first-order valence-corrected chi connectivity index (χ1v) is 8.68. The van der Waals surface area contributed by atoms with E-state index in [4.69, 9.17) is 11.6 Å². The van der Waals surface area contributed by atoms with Crippen LogP contribution in [0.4, 0.5) is 4.39 Å². The summed E-state index contributed by atoms with van der Waals surface area (Å²) in [6.45, 7) is 2.20. The van der Waals surface area contributed by atoms with Crippen LogP contribution in [0.25, 0.3) is 0 Å². The largest absolute Gasteiger partial charge is 0.312 e. The summed E-state index contributed by atoms with van der Waals surface area (Å²) < 4.78 is 37.8. The van der Waals surface area contributed by atoms with Crippen LogP contribution in [0.2, 0.25) is 5.02 Å². The molecule has 1 aromatic carbocycles. The summed E-state index contributed by atoms with van der Waals surface area (Å²) in [5.41, 5.74) is 0.562. The highest BCUT2D eigenvalue weighted by atomic mass is 35.5. The van der Waals surface area contributed by atoms with Gasteiger partial charge in [0.15, 0.2) is 0 Å². The van der Waals surface area contributed by atoms with Crippen LogP contribution in [-0.4, -0.2) is 38.6 Å². The Hall–Kier alpha value is -0.690. The lowest BCUT2D eigenvalue weighted by atomic mass is 10.1. The molecular weight excluding hydrogens is 303 g/mol. The Balaban J connectivity index is 1.80. The fourth-order valence-corrected chi connectivity index (χ4v) is 3.42. The number of rotatable bonds is 5. The Morgan fingerprint density at radius 2 is 2.25 bits per heavy atom. The van der Waals surface area contributed by atoms with E-state index >= 15 is 0 Å². The summed E-state index contributed by atoms with van der Waals surface area (Å²) in [6.07, 6.45) is 2.06. The zero-order valence-corrected chi connectivity index (χ0v) is 12.8. The van der Waals surface area contributed by atoms with Gasteiger partial charge >= 0.3 is 0 Å². The van der Waals surface area contributed by atoms with Crippen molar-refractivity contribution >= 4 is 21.6 Å². The van der Waals surface area contributed by atoms with Crippen LogP contribution >= 0.6 is 11.6 Å². The first-order chi connectivity index (χ1) is 9.36. The average molecular weight is 321 g/mol. The Kier molecular flexibility index (Phi) is 5.01. The molecule has 1 atom stereocenters. The normalized spacial score (nSPS) is 20.4. The standard InChI is InChI=1S/C13H18ClFN2O2S/c1-20(18,19)17-5-4-10(9-17)7-16-8-11-2-3-12(14)6-13(11)15/h2-3,6,10,16H,4-5,7-9H2,1H3. The topological polar surface area (TPSA) is 49.4 Å². The number of benzene rings is 1. The molecule has 0 aliphatic carbocycles. The minimum Gasteiger partial charge on any atom is -0.312 e. The van der Waals surface area contributed by atoms with Crippen LogP contribution in [0.3, 0.4) is 0 Å². The zero-order chi connectivity index (χ0) is 14.8. The molecule has 0 bridgehead atoms. The Morgan fingerprint density at radius 3 is 2.85 bits per heavy atom. The molecule has 1 aromatic rings. The van der Waals surface area contributed by atoms with Gasteiger partial charge in [0.2, 0.25) is 10.0 Å². The maximum Gasteiger partial charge on any atom is 0.211 e. The number of halogens is 2. The summed E-state index contributed by atoms with van der Waals surface area (Å²) in [7, 11) is -3.09. The van der Waals surface area contributed by atoms with Crippen LogP contribution in [0.5, 0.6) is 0 Å². The van der Waals surface area contributed by atoms with Crippen LogP contribution in [0, 0.1) is 11.7 Å². The molecule has 0 radical (unpaired) electrons. The van der Waals surface area contributed by atoms with E-state index in [0.29, 0.717) is 36.8 Å². The van der Waals surface area contributed by atoms with Crippen molar-refractivity contribution in [1.29, 1.82) is 0 Å². The van der Waals surface area contributed by atoms with E-state index in [-0.39, 0.29) is 11.7 Å². The summed E-state index contributed by atoms with van der Waals surface area (Å²) in [4.78, 5) is 0. The summed E-state index contributed by atoms with van der Waals surface area (Å²) in [5, 5.41) is 3.55. The van der Waals surface area contributed by atoms with Gasteiger partial charge in [-0.05, 0) is 31.0 Å². The van der Waals surface area contributed by atoms with Crippen molar-refractivity contribution in [3.8, 4) is 0 Å². The molecule has 2 rings (SSSR count). The van der Waals surface area contributed by atoms with Gasteiger partial charge in [-0.25, -0.2) is 17.1 Å². The predicted molar refractivity (Wildman–Crippen MR) is 77.6 cm³/mol. The number of nitrogens with zero attached hydrogens (tertiary/aromatic N) is 1. The summed E-state index contributed by atoms with van der Waals surface area (Å²) >= 11 is 5.69. The first-order valence-electron chi connectivity index (χ1n) is 6.46. The Labute approximate surface area is 124 Å². The SMILES string of the molecule is CS(=O)(=O)N1CCC(CNCc2ccc(Cl)cc2F)C1. The van der Waals surface area contributed by atoms with Crippen molar-refractivity contribution in [2.45, 2.75) is 13.0 Å². The Morgan fingerprint density at radius 1 is 1.50 bits per heavy atom. The van der Waals surface area contributed by atoms with Gasteiger partial charge in [-0.3, -0.25) is 0 Å². The van der Waals surface area contributed by atoms with Crippen molar-refractivity contribution in [2.75, 3.05) is 25.9 Å². The van der Waals surface area contributed by atoms with Gasteiger partial charge in [-0.1, -0.05) is 17.7 Å². The van der Waals surface area contributed by atoms with E-state index in [1.165, 1.54) is 16.6 Å². The molecule has 0 spiro atoms. The van der Waals surface area contributed by atoms with Crippen LogP contribution in [0.1, 0.15) is 12.0 Å². The maximum absolute atomic E-state index is 13.6. The van der Waals surface area contributed by atoms with E-state index in [1.54, 1.807) is 12.1 Å². The highest BCUT2D eigenvalue weighted by Crippen LogP contribution is 2.18. The number of hydrogen-bond donors (Lipinski definition) is 1. The molecule has 1 aliphatic rings. The number of sulfonamides is 1. The van der Waals surface area contributed by atoms with E-state index < -0.39 is 10.0 Å². The molecule has 7 heteroatoms. The molecule has 1 unspecified atom stereocenters. The number of hydrogen-bond acceptors (Lipinski definition) is 3. The third-order valence-electron chi connectivity index (χ3n) is 3.48. The summed E-state index contributed by atoms with van der Waals surface area (Å²) in [6, 6.07) is 4.60. The molecule has 1 saturated heterocycles. The Bertz CT molecular complexity index is 580. The van der Waals surface area contributed by atoms with Crippen molar-refractivity contribution < 1.29 is 12.8 Å². The monoisotopic (exact) mass is 320 g/mol. The third-order valence-corrected chi connectivity index (χ3v) is 4.99. The predicted octanol–water partition coefficient (Wildman–Crippen LogP) is 1.85. The third kappa shape index (κ3) is 4.15. The summed E-state index contributed by atoms with van der Waals surface area (Å²) in [5.74, 6) is -0.0470. The van der Waals surface area contributed by atoms with Gasteiger partial charge in [0.1, 0.15) is 5.82 Å². The lowest BCUT2D eigenvalue weighted by molar-refractivity contribution is 0.446. The molecule has 0 amide bonds. The molecule has 1 N–H and O–H groups in total. The van der Waals surface area contributed by atoms with Crippen molar-refractivity contribution in [3.63, 3.8) is 0 Å². The van der Waals surface area contributed by atoms with E-state index in [1.807, 2.05) is 0 Å². The van der Waals surface area contributed by atoms with Gasteiger partial charge in [-0.2, -0.15) is 0 Å². The zero-order valence-electron chi connectivity index (χ0n) is 11.3. The lowest BCUT2D eigenvalue weighted by Crippen LogP contribution is -2.30. The van der Waals surface area contributed by atoms with Gasteiger partial charge in [0.05, 0.1) is 6.26 Å². The molecule has 1 fully saturated rings. The van der Waals surface area contributed by atoms with Gasteiger partial charge in [0, 0.05) is 30.2 Å². The highest BCUT2D eigenvalue weighted by molar-refractivity contribution is 7.88. The first kappa shape index (κ1) is 15.7. The van der Waals surface area contributed by atoms with Gasteiger partial charge < -0.3 is 5.32 Å². The van der Waals surface area contributed by atoms with Crippen LogP contribution in [0.15, 0.2) is 18.2 Å². The van der Waals surface area contributed by atoms with Crippen LogP contribution < -0.4 is 5.32 Å². The minimum atomic E-state index is -3.09. The second kappa shape index (κ2) is 6.39. The second-order valence-electron chi connectivity index (χ2n) is 5.14. The van der Waals surface area contributed by atoms with Gasteiger partial charge in [0.25, 0.3) is 0 Å². The maximum atomic E-state index is 13.6. The molecule has 1 aliphatic heterocycles. The number of nitrogens with one attached hydrogen (secondary N) is 1. The fraction of sp³-hybridized carbons (Fsp3) is 0.538. The average Bonchev–Trinajstić information content (AvgIpc) is 2.80. The molecule has 0 aromatic heterocycles. The smallest absolute Gasteiger partial charge is 0.211 e. The molecule has 112 valence electrons. The van der Waals surface area contributed by atoms with E-state index in [9.17, 15) is 12.8 Å². The molecule has 1 heterocycles. The highest BCUT2D eigenvalue weighted by Gasteiger charge is 2.27. The van der Waals surface area contributed by atoms with Gasteiger partial charge in [-0.15, -0.1) is 0 Å². The van der Waals surface area contributed by atoms with E-state index in [0.717, 1.165) is 6.42 Å². The quantitative estimate of drug-likeness (QED) is 0.901.